The summed E-state index contributed by atoms with van der Waals surface area (Å²) in [6.07, 6.45) is 1.40. The van der Waals surface area contributed by atoms with Crippen LogP contribution in [0.25, 0.3) is 0 Å². The molecule has 0 radical (unpaired) electrons. The Morgan fingerprint density at radius 1 is 1.70 bits per heavy atom. The van der Waals surface area contributed by atoms with Gasteiger partial charge in [0, 0.05) is 6.92 Å². The Hall–Kier alpha value is -1.39. The van der Waals surface area contributed by atoms with Crippen molar-refractivity contribution in [1.29, 1.82) is 0 Å². The summed E-state index contributed by atoms with van der Waals surface area (Å²) in [6.45, 7) is 1.62. The highest BCUT2D eigenvalue weighted by molar-refractivity contribution is 4.89. The Morgan fingerprint density at radius 2 is 2.40 bits per heavy atom. The summed E-state index contributed by atoms with van der Waals surface area (Å²) in [5.41, 5.74) is 0.445. The summed E-state index contributed by atoms with van der Waals surface area (Å²) in [4.78, 5) is 4.17. The van der Waals surface area contributed by atoms with Crippen LogP contribution in [-0.4, -0.2) is 17.2 Å². The van der Waals surface area contributed by atoms with Crippen LogP contribution in [0.1, 0.15) is 5.69 Å². The molecule has 1 heterocycles. The molecule has 0 N–H and O–H groups in total. The first-order valence-electron chi connectivity index (χ1n) is 2.71. The van der Waals surface area contributed by atoms with Gasteiger partial charge in [0.2, 0.25) is 5.69 Å². The van der Waals surface area contributed by atoms with E-state index in [0.717, 1.165) is 0 Å². The molecule has 1 aromatic heterocycles. The van der Waals surface area contributed by atoms with Gasteiger partial charge in [-0.05, 0) is 4.85 Å². The lowest BCUT2D eigenvalue weighted by molar-refractivity contribution is -0.676. The van der Waals surface area contributed by atoms with Gasteiger partial charge < -0.3 is 9.94 Å². The van der Waals surface area contributed by atoms with E-state index in [1.807, 2.05) is 0 Å². The van der Waals surface area contributed by atoms with Crippen molar-refractivity contribution in [1.82, 2.24) is 10.1 Å². The first kappa shape index (κ1) is 6.73. The van der Waals surface area contributed by atoms with Crippen LogP contribution < -0.4 is 9.58 Å². The Bertz CT molecular complexity index is 238. The van der Waals surface area contributed by atoms with E-state index in [9.17, 15) is 5.21 Å². The lowest BCUT2D eigenvalue weighted by Crippen LogP contribution is -2.35. The van der Waals surface area contributed by atoms with Gasteiger partial charge in [-0.2, -0.15) is 4.98 Å². The predicted octanol–water partition coefficient (Wildman–Crippen LogP) is -0.573. The summed E-state index contributed by atoms with van der Waals surface area (Å²) in [6, 6.07) is 0.0839. The molecule has 0 aliphatic rings. The highest BCUT2D eigenvalue weighted by atomic mass is 16.5. The van der Waals surface area contributed by atoms with Crippen molar-refractivity contribution in [2.45, 2.75) is 6.92 Å². The van der Waals surface area contributed by atoms with Crippen molar-refractivity contribution in [2.24, 2.45) is 0 Å². The summed E-state index contributed by atoms with van der Waals surface area (Å²) in [7, 11) is 1.41. The molecule has 0 amide bonds. The molecule has 0 spiro atoms. The maximum Gasteiger partial charge on any atom is 0.380 e. The highest BCUT2D eigenvalue weighted by Gasteiger charge is 2.03. The topological polar surface area (TPSA) is 62.0 Å². The largest absolute Gasteiger partial charge is 0.594 e. The molecule has 0 aliphatic carbocycles. The fourth-order valence-corrected chi connectivity index (χ4v) is 0.474. The molecular formula is C5H7N3O2. The summed E-state index contributed by atoms with van der Waals surface area (Å²) in [5, 5.41) is 14.1. The predicted molar refractivity (Wildman–Crippen MR) is 32.3 cm³/mol. The van der Waals surface area contributed by atoms with Crippen molar-refractivity contribution < 1.29 is 9.58 Å². The van der Waals surface area contributed by atoms with Gasteiger partial charge in [-0.1, -0.05) is 0 Å². The first-order chi connectivity index (χ1) is 4.74. The second-order valence-corrected chi connectivity index (χ2v) is 1.76. The zero-order chi connectivity index (χ0) is 7.56. The van der Waals surface area contributed by atoms with Gasteiger partial charge in [0.15, 0.2) is 0 Å². The van der Waals surface area contributed by atoms with Crippen molar-refractivity contribution in [3.8, 4) is 6.01 Å². The van der Waals surface area contributed by atoms with E-state index in [-0.39, 0.29) is 6.01 Å². The number of ether oxygens (including phenoxy) is 1. The van der Waals surface area contributed by atoms with Gasteiger partial charge >= 0.3 is 6.01 Å². The Balaban J connectivity index is 3.04. The van der Waals surface area contributed by atoms with E-state index in [1.165, 1.54) is 13.3 Å². The standard InChI is InChI=1S/C5H7N3O2/c1-4-3-6-5(10-2)7-8(4)9/h3H,1-2H3. The van der Waals surface area contributed by atoms with Crippen LogP contribution >= 0.6 is 0 Å². The van der Waals surface area contributed by atoms with E-state index < -0.39 is 0 Å². The normalized spacial score (nSPS) is 9.40. The van der Waals surface area contributed by atoms with Gasteiger partial charge in [0.1, 0.15) is 6.20 Å². The molecule has 0 saturated carbocycles. The quantitative estimate of drug-likeness (QED) is 0.388. The fraction of sp³-hybridized carbons (Fsp3) is 0.400. The monoisotopic (exact) mass is 141 g/mol. The number of nitrogens with zero attached hydrogens (tertiary/aromatic N) is 3. The van der Waals surface area contributed by atoms with Crippen LogP contribution in [-0.2, 0) is 0 Å². The molecule has 0 atom stereocenters. The smallest absolute Gasteiger partial charge is 0.380 e. The molecule has 0 aliphatic heterocycles. The van der Waals surface area contributed by atoms with E-state index in [0.29, 0.717) is 10.5 Å². The van der Waals surface area contributed by atoms with Crippen molar-refractivity contribution >= 4 is 0 Å². The Morgan fingerprint density at radius 3 is 2.90 bits per heavy atom. The number of aromatic nitrogens is 3. The number of rotatable bonds is 1. The summed E-state index contributed by atoms with van der Waals surface area (Å²) < 4.78 is 4.61. The van der Waals surface area contributed by atoms with E-state index >= 15 is 0 Å². The zero-order valence-corrected chi connectivity index (χ0v) is 5.74. The van der Waals surface area contributed by atoms with E-state index in [1.54, 1.807) is 6.92 Å². The van der Waals surface area contributed by atoms with Gasteiger partial charge in [-0.3, -0.25) is 0 Å². The average Bonchev–Trinajstić information content (AvgIpc) is 1.95. The van der Waals surface area contributed by atoms with E-state index in [2.05, 4.69) is 14.8 Å². The van der Waals surface area contributed by atoms with Crippen molar-refractivity contribution in [3.05, 3.63) is 17.1 Å². The van der Waals surface area contributed by atoms with Gasteiger partial charge in [-0.15, -0.1) is 0 Å². The van der Waals surface area contributed by atoms with Gasteiger partial charge in [0.05, 0.1) is 12.2 Å². The third-order valence-electron chi connectivity index (χ3n) is 1.02. The minimum Gasteiger partial charge on any atom is -0.594 e. The number of aryl methyl sites for hydroxylation is 1. The summed E-state index contributed by atoms with van der Waals surface area (Å²) >= 11 is 0. The second kappa shape index (κ2) is 2.47. The molecule has 0 aromatic carbocycles. The maximum atomic E-state index is 10.7. The first-order valence-corrected chi connectivity index (χ1v) is 2.71. The van der Waals surface area contributed by atoms with Crippen molar-refractivity contribution in [2.75, 3.05) is 7.11 Å². The van der Waals surface area contributed by atoms with E-state index in [4.69, 9.17) is 0 Å². The van der Waals surface area contributed by atoms with Crippen LogP contribution in [0.5, 0.6) is 6.01 Å². The molecule has 10 heavy (non-hydrogen) atoms. The molecule has 1 rings (SSSR count). The highest BCUT2D eigenvalue weighted by Crippen LogP contribution is 1.93. The van der Waals surface area contributed by atoms with Crippen LogP contribution in [0, 0.1) is 12.1 Å². The molecule has 0 unspecified atom stereocenters. The summed E-state index contributed by atoms with van der Waals surface area (Å²) in [5.74, 6) is 0. The molecule has 0 fully saturated rings. The van der Waals surface area contributed by atoms with Crippen LogP contribution in [0.3, 0.4) is 0 Å². The second-order valence-electron chi connectivity index (χ2n) is 1.76. The third-order valence-corrected chi connectivity index (χ3v) is 1.02. The lowest BCUT2D eigenvalue weighted by atomic mass is 10.5. The maximum absolute atomic E-state index is 10.7. The fourth-order valence-electron chi connectivity index (χ4n) is 0.474. The lowest BCUT2D eigenvalue weighted by Gasteiger charge is -1.96. The molecule has 1 aromatic rings. The minimum absolute atomic E-state index is 0.0839. The molecule has 5 nitrogen and oxygen atoms in total. The van der Waals surface area contributed by atoms with Crippen molar-refractivity contribution in [3.63, 3.8) is 0 Å². The number of hydrogen-bond donors (Lipinski definition) is 0. The molecule has 0 bridgehead atoms. The molecular weight excluding hydrogens is 134 g/mol. The Kier molecular flexibility index (Phi) is 1.66. The van der Waals surface area contributed by atoms with Crippen LogP contribution in [0.15, 0.2) is 6.20 Å². The molecule has 54 valence electrons. The zero-order valence-electron chi connectivity index (χ0n) is 5.74. The SMILES string of the molecule is COc1ncc(C)[n+]([O-])n1. The Labute approximate surface area is 57.9 Å². The van der Waals surface area contributed by atoms with Crippen LogP contribution in [0.4, 0.5) is 0 Å². The van der Waals surface area contributed by atoms with Gasteiger partial charge in [0.25, 0.3) is 0 Å². The molecule has 0 saturated heterocycles. The average molecular weight is 141 g/mol. The minimum atomic E-state index is 0.0839. The molecule has 5 heteroatoms. The number of hydrogen-bond acceptors (Lipinski definition) is 4. The third kappa shape index (κ3) is 1.12. The van der Waals surface area contributed by atoms with Gasteiger partial charge in [-0.25, -0.2) is 0 Å². The number of methoxy groups -OCH3 is 1. The van der Waals surface area contributed by atoms with Crippen LogP contribution in [0.2, 0.25) is 0 Å².